The quantitative estimate of drug-likeness (QED) is 0.115. The van der Waals surface area contributed by atoms with Crippen molar-refractivity contribution in [2.24, 2.45) is 0 Å². The first-order valence-electron chi connectivity index (χ1n) is 13.5. The number of alkyl halides is 9. The Morgan fingerprint density at radius 1 is 0.633 bits per heavy atom. The minimum Gasteiger partial charge on any atom is -0.618 e. The third-order valence-electron chi connectivity index (χ3n) is 5.21. The number of rotatable bonds is 3. The van der Waals surface area contributed by atoms with E-state index in [9.17, 15) is 59.1 Å². The highest BCUT2D eigenvalue weighted by Gasteiger charge is 2.49. The Morgan fingerprint density at radius 2 is 0.980 bits per heavy atom. The zero-order chi connectivity index (χ0) is 38.5. The number of pyridine rings is 3. The van der Waals surface area contributed by atoms with Gasteiger partial charge in [-0.2, -0.15) is 44.2 Å². The predicted molar refractivity (Wildman–Crippen MR) is 152 cm³/mol. The summed E-state index contributed by atoms with van der Waals surface area (Å²) in [6.07, 6.45) is -16.2. The van der Waals surface area contributed by atoms with Crippen LogP contribution in [0.25, 0.3) is 0 Å². The maximum absolute atomic E-state index is 11.8. The van der Waals surface area contributed by atoms with Crippen LogP contribution < -0.4 is 4.73 Å². The molecule has 3 rings (SSSR count). The Labute approximate surface area is 274 Å². The maximum atomic E-state index is 11.8. The largest absolute Gasteiger partial charge is 0.618 e. The second-order valence-corrected chi connectivity index (χ2v) is 10.1. The molecular formula is C30H32F9N3O7. The molecular weight excluding hydrogens is 685 g/mol. The lowest BCUT2D eigenvalue weighted by Gasteiger charge is -2.07. The lowest BCUT2D eigenvalue weighted by molar-refractivity contribution is -0.619. The van der Waals surface area contributed by atoms with Crippen molar-refractivity contribution < 1.29 is 73.2 Å². The summed E-state index contributed by atoms with van der Waals surface area (Å²) >= 11 is 0. The third-order valence-corrected chi connectivity index (χ3v) is 5.21. The molecule has 0 atom stereocenters. The number of aliphatic hydroxyl groups is 1. The number of aromatic nitrogens is 3. The van der Waals surface area contributed by atoms with Gasteiger partial charge in [-0.05, 0) is 75.6 Å². The monoisotopic (exact) mass is 717 g/mol. The number of ether oxygens (including phenoxy) is 2. The highest BCUT2D eigenvalue weighted by atomic mass is 19.4. The van der Waals surface area contributed by atoms with E-state index in [1.54, 1.807) is 26.0 Å². The van der Waals surface area contributed by atoms with Crippen LogP contribution in [0.5, 0.6) is 0 Å². The molecule has 0 unspecified atom stereocenters. The van der Waals surface area contributed by atoms with Gasteiger partial charge in [-0.1, -0.05) is 0 Å². The van der Waals surface area contributed by atoms with Crippen LogP contribution in [0.4, 0.5) is 39.5 Å². The van der Waals surface area contributed by atoms with E-state index >= 15 is 0 Å². The van der Waals surface area contributed by atoms with Crippen molar-refractivity contribution in [1.29, 1.82) is 0 Å². The molecule has 0 saturated heterocycles. The van der Waals surface area contributed by atoms with Gasteiger partial charge >= 0.3 is 36.4 Å². The van der Waals surface area contributed by atoms with E-state index < -0.39 is 43.0 Å². The van der Waals surface area contributed by atoms with E-state index in [0.717, 1.165) is 44.2 Å². The normalized spacial score (nSPS) is 11.0. The van der Waals surface area contributed by atoms with Crippen molar-refractivity contribution in [3.63, 3.8) is 0 Å². The molecule has 272 valence electrons. The van der Waals surface area contributed by atoms with Crippen LogP contribution in [0, 0.1) is 53.7 Å². The summed E-state index contributed by atoms with van der Waals surface area (Å²) in [6.45, 7) is 12.6. The van der Waals surface area contributed by atoms with Crippen molar-refractivity contribution >= 4 is 17.9 Å². The molecule has 1 N–H and O–H groups in total. The molecule has 3 aromatic heterocycles. The number of carbonyl (C=O) groups excluding carboxylic acids is 3. The fourth-order valence-electron chi connectivity index (χ4n) is 3.52. The number of esters is 3. The van der Waals surface area contributed by atoms with Crippen molar-refractivity contribution in [3.05, 3.63) is 92.5 Å². The van der Waals surface area contributed by atoms with E-state index in [2.05, 4.69) is 19.4 Å². The molecule has 3 aromatic rings. The number of halogens is 9. The highest BCUT2D eigenvalue weighted by molar-refractivity contribution is 5.90. The van der Waals surface area contributed by atoms with E-state index in [1.807, 2.05) is 58.9 Å². The molecule has 0 aliphatic heterocycles. The van der Waals surface area contributed by atoms with Crippen LogP contribution in [-0.2, 0) is 37.1 Å². The minimum absolute atomic E-state index is 0.0303. The highest BCUT2D eigenvalue weighted by Crippen LogP contribution is 2.21. The van der Waals surface area contributed by atoms with Gasteiger partial charge in [0, 0.05) is 37.4 Å². The van der Waals surface area contributed by atoms with Gasteiger partial charge in [0.25, 0.3) is 0 Å². The van der Waals surface area contributed by atoms with Gasteiger partial charge in [0.2, 0.25) is 0 Å². The van der Waals surface area contributed by atoms with Crippen molar-refractivity contribution in [1.82, 2.24) is 9.97 Å². The molecule has 3 heterocycles. The summed E-state index contributed by atoms with van der Waals surface area (Å²) in [7, 11) is 0. The SMILES string of the molecule is Cc1cc(C)[n+]([O-])c(C)c1.Cc1cc(C)nc(CO)c1.Cc1cc(C)nc(COC(=O)C(F)(F)F)c1.O=C(OC(=O)C(F)(F)F)C(F)(F)F. The molecule has 10 nitrogen and oxygen atoms in total. The number of nitrogens with zero attached hydrogens (tertiary/aromatic N) is 3. The van der Waals surface area contributed by atoms with Gasteiger partial charge in [0.1, 0.15) is 6.61 Å². The Morgan fingerprint density at radius 3 is 1.33 bits per heavy atom. The Kier molecular flexibility index (Phi) is 16.8. The van der Waals surface area contributed by atoms with Crippen LogP contribution in [0.15, 0.2) is 36.4 Å². The van der Waals surface area contributed by atoms with Gasteiger partial charge in [0.05, 0.1) is 18.0 Å². The molecule has 0 bridgehead atoms. The van der Waals surface area contributed by atoms with Crippen molar-refractivity contribution in [3.8, 4) is 0 Å². The first-order chi connectivity index (χ1) is 22.2. The lowest BCUT2D eigenvalue weighted by atomic mass is 10.2. The molecule has 0 aromatic carbocycles. The second-order valence-electron chi connectivity index (χ2n) is 10.1. The molecule has 0 saturated carbocycles. The summed E-state index contributed by atoms with van der Waals surface area (Å²) in [5.41, 5.74) is 7.34. The standard InChI is InChI=1S/C10H10F3NO2.2C8H11NO.C4F6O3/c1-6-3-7(2)14-8(4-6)5-16-9(15)10(11,12)13;1-6-4-7(2)9(10)8(3)5-6;1-6-3-7(2)9-8(4-6)5-10;5-3(6,7)1(11)13-2(12)4(8,9)10/h3-4H,5H2,1-2H3;4-5H,1-3H3;3-4,10H,5H2,1-2H3;. The predicted octanol–water partition coefficient (Wildman–Crippen LogP) is 5.92. The van der Waals surface area contributed by atoms with Gasteiger partial charge in [-0.25, -0.2) is 14.4 Å². The summed E-state index contributed by atoms with van der Waals surface area (Å²) in [4.78, 5) is 37.8. The summed E-state index contributed by atoms with van der Waals surface area (Å²) in [5, 5.41) is 19.8. The van der Waals surface area contributed by atoms with Crippen LogP contribution in [0.2, 0.25) is 0 Å². The van der Waals surface area contributed by atoms with Crippen LogP contribution >= 0.6 is 0 Å². The number of aliphatic hydroxyl groups excluding tert-OH is 1. The molecule has 0 aliphatic carbocycles. The average molecular weight is 718 g/mol. The topological polar surface area (TPSA) is 143 Å². The Balaban J connectivity index is 0.000000639. The summed E-state index contributed by atoms with van der Waals surface area (Å²) in [5.74, 6) is -8.60. The number of carbonyl (C=O) groups is 3. The van der Waals surface area contributed by atoms with Crippen molar-refractivity contribution in [2.45, 2.75) is 80.2 Å². The molecule has 0 spiro atoms. The number of aryl methyl sites for hydroxylation is 7. The van der Waals surface area contributed by atoms with Gasteiger partial charge in [-0.3, -0.25) is 9.97 Å². The fraction of sp³-hybridized carbons (Fsp3) is 0.400. The average Bonchev–Trinajstić information content (AvgIpc) is 2.93. The summed E-state index contributed by atoms with van der Waals surface area (Å²) < 4.78 is 110. The minimum atomic E-state index is -5.62. The van der Waals surface area contributed by atoms with Gasteiger partial charge < -0.3 is 19.8 Å². The third kappa shape index (κ3) is 17.8. The number of hydrogen-bond donors (Lipinski definition) is 1. The van der Waals surface area contributed by atoms with Crippen LogP contribution in [0.3, 0.4) is 0 Å². The smallest absolute Gasteiger partial charge is 0.491 e. The fourth-order valence-corrected chi connectivity index (χ4v) is 3.52. The summed E-state index contributed by atoms with van der Waals surface area (Å²) in [6, 6.07) is 11.0. The van der Waals surface area contributed by atoms with E-state index in [0.29, 0.717) is 11.4 Å². The molecule has 0 aliphatic rings. The van der Waals surface area contributed by atoms with Crippen LogP contribution in [-0.4, -0.2) is 51.5 Å². The first-order valence-corrected chi connectivity index (χ1v) is 13.5. The first kappa shape index (κ1) is 44.2. The second kappa shape index (κ2) is 18.7. The van der Waals surface area contributed by atoms with Gasteiger partial charge in [-0.15, -0.1) is 0 Å². The maximum Gasteiger partial charge on any atom is 0.491 e. The zero-order valence-corrected chi connectivity index (χ0v) is 27.0. The van der Waals surface area contributed by atoms with E-state index in [4.69, 9.17) is 5.11 Å². The molecule has 19 heteroatoms. The molecule has 0 fully saturated rings. The lowest BCUT2D eigenvalue weighted by Crippen LogP contribution is -2.34. The molecule has 0 radical (unpaired) electrons. The molecule has 0 amide bonds. The van der Waals surface area contributed by atoms with E-state index in [-0.39, 0.29) is 6.61 Å². The van der Waals surface area contributed by atoms with Crippen LogP contribution in [0.1, 0.15) is 50.9 Å². The van der Waals surface area contributed by atoms with Crippen molar-refractivity contribution in [2.75, 3.05) is 0 Å². The molecule has 49 heavy (non-hydrogen) atoms. The Bertz CT molecular complexity index is 1500. The zero-order valence-electron chi connectivity index (χ0n) is 27.0. The Hall–Kier alpha value is -4.81. The van der Waals surface area contributed by atoms with E-state index in [1.165, 1.54) is 0 Å². The van der Waals surface area contributed by atoms with Gasteiger partial charge in [0.15, 0.2) is 11.4 Å². The number of hydrogen-bond acceptors (Lipinski definition) is 9.